The topological polar surface area (TPSA) is 41.1 Å². The van der Waals surface area contributed by atoms with E-state index in [9.17, 15) is 4.79 Å². The predicted octanol–water partition coefficient (Wildman–Crippen LogP) is 3.33. The van der Waals surface area contributed by atoms with Crippen molar-refractivity contribution in [3.63, 3.8) is 0 Å². The molecule has 1 aliphatic carbocycles. The Hall–Kier alpha value is -1.22. The molecule has 0 aromatic heterocycles. The average molecular weight is 267 g/mol. The first-order valence-electron chi connectivity index (χ1n) is 6.44. The molecule has 1 aromatic carbocycles. The predicted molar refractivity (Wildman–Crippen MR) is 73.6 cm³/mol. The minimum Gasteiger partial charge on any atom is -0.335 e. The summed E-state index contributed by atoms with van der Waals surface area (Å²) in [6.45, 7) is 2.72. The van der Waals surface area contributed by atoms with Crippen molar-refractivity contribution < 1.29 is 4.79 Å². The molecule has 1 fully saturated rings. The van der Waals surface area contributed by atoms with Gasteiger partial charge < -0.3 is 10.6 Å². The third kappa shape index (κ3) is 3.64. The zero-order valence-electron chi connectivity index (χ0n) is 10.6. The summed E-state index contributed by atoms with van der Waals surface area (Å²) >= 11 is 5.80. The molecule has 4 heteroatoms. The number of hydrogen-bond donors (Lipinski definition) is 2. The van der Waals surface area contributed by atoms with E-state index in [4.69, 9.17) is 11.6 Å². The Kier molecular flexibility index (Phi) is 4.48. The largest absolute Gasteiger partial charge is 0.335 e. The summed E-state index contributed by atoms with van der Waals surface area (Å²) in [7, 11) is 0. The maximum absolute atomic E-state index is 11.7. The lowest BCUT2D eigenvalue weighted by Crippen LogP contribution is -2.42. The lowest BCUT2D eigenvalue weighted by molar-refractivity contribution is 0.234. The number of rotatable bonds is 3. The van der Waals surface area contributed by atoms with E-state index in [1.807, 2.05) is 24.3 Å². The van der Waals surface area contributed by atoms with Gasteiger partial charge in [-0.15, -0.1) is 0 Å². The average Bonchev–Trinajstić information content (AvgIpc) is 2.74. The Morgan fingerprint density at radius 2 is 2.06 bits per heavy atom. The summed E-state index contributed by atoms with van der Waals surface area (Å²) in [5.41, 5.74) is 1.05. The number of carbonyl (C=O) groups excluding carboxylic acids is 1. The Morgan fingerprint density at radius 3 is 2.67 bits per heavy atom. The smallest absolute Gasteiger partial charge is 0.315 e. The lowest BCUT2D eigenvalue weighted by Gasteiger charge is -2.17. The van der Waals surface area contributed by atoms with Gasteiger partial charge in [0.25, 0.3) is 0 Å². The van der Waals surface area contributed by atoms with Crippen LogP contribution in [-0.2, 0) is 6.54 Å². The van der Waals surface area contributed by atoms with Gasteiger partial charge in [0.2, 0.25) is 0 Å². The third-order valence-corrected chi connectivity index (χ3v) is 3.80. The van der Waals surface area contributed by atoms with Crippen LogP contribution in [0.5, 0.6) is 0 Å². The second kappa shape index (κ2) is 6.10. The number of urea groups is 1. The van der Waals surface area contributed by atoms with Crippen molar-refractivity contribution in [1.29, 1.82) is 0 Å². The summed E-state index contributed by atoms with van der Waals surface area (Å²) in [5.74, 6) is 0.589. The minimum atomic E-state index is -0.0799. The molecule has 0 aliphatic heterocycles. The van der Waals surface area contributed by atoms with Crippen LogP contribution in [0.1, 0.15) is 31.7 Å². The van der Waals surface area contributed by atoms with E-state index < -0.39 is 0 Å². The molecule has 2 rings (SSSR count). The second-order valence-electron chi connectivity index (χ2n) is 4.97. The first-order valence-corrected chi connectivity index (χ1v) is 6.82. The Labute approximate surface area is 113 Å². The molecule has 1 aromatic rings. The number of amides is 2. The van der Waals surface area contributed by atoms with Gasteiger partial charge in [0.1, 0.15) is 0 Å². The van der Waals surface area contributed by atoms with Crippen molar-refractivity contribution in [1.82, 2.24) is 10.6 Å². The van der Waals surface area contributed by atoms with Gasteiger partial charge in [0.15, 0.2) is 0 Å². The van der Waals surface area contributed by atoms with E-state index in [2.05, 4.69) is 17.6 Å². The maximum Gasteiger partial charge on any atom is 0.315 e. The quantitative estimate of drug-likeness (QED) is 0.866. The third-order valence-electron chi connectivity index (χ3n) is 3.54. The Bertz CT molecular complexity index is 405. The number of carbonyl (C=O) groups is 1. The molecule has 0 saturated heterocycles. The summed E-state index contributed by atoms with van der Waals surface area (Å²) in [6, 6.07) is 7.74. The highest BCUT2D eigenvalue weighted by Crippen LogP contribution is 2.24. The summed E-state index contributed by atoms with van der Waals surface area (Å²) in [5, 5.41) is 6.62. The van der Waals surface area contributed by atoms with Crippen molar-refractivity contribution in [2.24, 2.45) is 5.92 Å². The number of hydrogen-bond acceptors (Lipinski definition) is 1. The molecule has 2 amide bonds. The van der Waals surface area contributed by atoms with E-state index in [-0.39, 0.29) is 6.03 Å². The molecular formula is C14H19ClN2O. The zero-order chi connectivity index (χ0) is 13.0. The van der Waals surface area contributed by atoms with Gasteiger partial charge in [-0.3, -0.25) is 0 Å². The summed E-state index contributed by atoms with van der Waals surface area (Å²) < 4.78 is 0. The molecule has 0 bridgehead atoms. The van der Waals surface area contributed by atoms with E-state index in [1.54, 1.807) is 0 Å². The molecule has 0 heterocycles. The molecule has 1 saturated carbocycles. The molecule has 2 unspecified atom stereocenters. The fourth-order valence-corrected chi connectivity index (χ4v) is 2.49. The van der Waals surface area contributed by atoms with Gasteiger partial charge in [0.05, 0.1) is 0 Å². The van der Waals surface area contributed by atoms with Gasteiger partial charge in [-0.25, -0.2) is 4.79 Å². The highest BCUT2D eigenvalue weighted by Gasteiger charge is 2.24. The molecule has 0 radical (unpaired) electrons. The second-order valence-corrected chi connectivity index (χ2v) is 5.40. The van der Waals surface area contributed by atoms with Crippen LogP contribution in [-0.4, -0.2) is 12.1 Å². The van der Waals surface area contributed by atoms with Crippen molar-refractivity contribution in [2.75, 3.05) is 0 Å². The van der Waals surface area contributed by atoms with Crippen LogP contribution in [0, 0.1) is 5.92 Å². The van der Waals surface area contributed by atoms with E-state index in [0.29, 0.717) is 23.5 Å². The molecule has 18 heavy (non-hydrogen) atoms. The minimum absolute atomic E-state index is 0.0799. The highest BCUT2D eigenvalue weighted by molar-refractivity contribution is 6.30. The monoisotopic (exact) mass is 266 g/mol. The number of nitrogens with one attached hydrogen (secondary N) is 2. The van der Waals surface area contributed by atoms with Crippen molar-refractivity contribution in [3.8, 4) is 0 Å². The fraction of sp³-hybridized carbons (Fsp3) is 0.500. The van der Waals surface area contributed by atoms with Crippen LogP contribution in [0.25, 0.3) is 0 Å². The molecule has 3 nitrogen and oxygen atoms in total. The van der Waals surface area contributed by atoms with Gasteiger partial charge in [-0.1, -0.05) is 37.1 Å². The van der Waals surface area contributed by atoms with Crippen molar-refractivity contribution in [3.05, 3.63) is 34.9 Å². The van der Waals surface area contributed by atoms with E-state index in [1.165, 1.54) is 12.8 Å². The fourth-order valence-electron chi connectivity index (χ4n) is 2.36. The molecule has 1 aliphatic rings. The Balaban J connectivity index is 1.76. The first kappa shape index (κ1) is 13.2. The highest BCUT2D eigenvalue weighted by atomic mass is 35.5. The Morgan fingerprint density at radius 1 is 1.33 bits per heavy atom. The normalized spacial score (nSPS) is 22.8. The van der Waals surface area contributed by atoms with Crippen LogP contribution in [0.4, 0.5) is 4.79 Å². The van der Waals surface area contributed by atoms with Crippen LogP contribution in [0.3, 0.4) is 0 Å². The summed E-state index contributed by atoms with van der Waals surface area (Å²) in [4.78, 5) is 11.7. The number of halogens is 1. The van der Waals surface area contributed by atoms with Crippen LogP contribution in [0.2, 0.25) is 5.02 Å². The van der Waals surface area contributed by atoms with Crippen LogP contribution in [0.15, 0.2) is 24.3 Å². The van der Waals surface area contributed by atoms with Gasteiger partial charge in [-0.2, -0.15) is 0 Å². The molecular weight excluding hydrogens is 248 g/mol. The van der Waals surface area contributed by atoms with Gasteiger partial charge in [-0.05, 0) is 36.5 Å². The van der Waals surface area contributed by atoms with E-state index >= 15 is 0 Å². The SMILES string of the molecule is CC1CCCC1NC(=O)NCc1ccc(Cl)cc1. The molecule has 98 valence electrons. The van der Waals surface area contributed by atoms with Crippen LogP contribution < -0.4 is 10.6 Å². The maximum atomic E-state index is 11.7. The van der Waals surface area contributed by atoms with Crippen LogP contribution >= 0.6 is 11.6 Å². The molecule has 2 N–H and O–H groups in total. The van der Waals surface area contributed by atoms with Crippen molar-refractivity contribution in [2.45, 2.75) is 38.8 Å². The molecule has 0 spiro atoms. The lowest BCUT2D eigenvalue weighted by atomic mass is 10.1. The van der Waals surface area contributed by atoms with Gasteiger partial charge >= 0.3 is 6.03 Å². The summed E-state index contributed by atoms with van der Waals surface area (Å²) in [6.07, 6.45) is 3.51. The van der Waals surface area contributed by atoms with E-state index in [0.717, 1.165) is 12.0 Å². The van der Waals surface area contributed by atoms with Gasteiger partial charge in [0, 0.05) is 17.6 Å². The standard InChI is InChI=1S/C14H19ClN2O/c1-10-3-2-4-13(10)17-14(18)16-9-11-5-7-12(15)8-6-11/h5-8,10,13H,2-4,9H2,1H3,(H2,16,17,18). The molecule has 2 atom stereocenters. The first-order chi connectivity index (χ1) is 8.65. The van der Waals surface area contributed by atoms with Crippen molar-refractivity contribution >= 4 is 17.6 Å². The zero-order valence-corrected chi connectivity index (χ0v) is 11.3. The number of benzene rings is 1.